The topological polar surface area (TPSA) is 35.5 Å². The SMILES string of the molecule is CCNC(C)C(C)(C)CN1CCC(C)C1CO. The van der Waals surface area contributed by atoms with Crippen LogP contribution in [0.5, 0.6) is 0 Å². The minimum Gasteiger partial charge on any atom is -0.395 e. The van der Waals surface area contributed by atoms with Gasteiger partial charge in [-0.15, -0.1) is 0 Å². The van der Waals surface area contributed by atoms with E-state index in [9.17, 15) is 5.11 Å². The normalized spacial score (nSPS) is 28.6. The fourth-order valence-corrected chi connectivity index (χ4v) is 2.82. The van der Waals surface area contributed by atoms with Gasteiger partial charge in [-0.1, -0.05) is 27.7 Å². The molecule has 3 atom stereocenters. The summed E-state index contributed by atoms with van der Waals surface area (Å²) in [7, 11) is 0. The quantitative estimate of drug-likeness (QED) is 0.744. The van der Waals surface area contributed by atoms with Crippen LogP contribution in [0.1, 0.15) is 41.0 Å². The van der Waals surface area contributed by atoms with Crippen molar-refractivity contribution >= 4 is 0 Å². The predicted molar refractivity (Wildman–Crippen MR) is 73.1 cm³/mol. The summed E-state index contributed by atoms with van der Waals surface area (Å²) >= 11 is 0. The average molecular weight is 242 g/mol. The van der Waals surface area contributed by atoms with E-state index in [1.54, 1.807) is 0 Å². The molecule has 0 spiro atoms. The molecule has 1 saturated heterocycles. The molecule has 0 radical (unpaired) electrons. The minimum absolute atomic E-state index is 0.244. The van der Waals surface area contributed by atoms with E-state index < -0.39 is 0 Å². The Morgan fingerprint density at radius 1 is 1.47 bits per heavy atom. The molecule has 0 saturated carbocycles. The maximum Gasteiger partial charge on any atom is 0.0589 e. The summed E-state index contributed by atoms with van der Waals surface area (Å²) in [5.74, 6) is 0.630. The fraction of sp³-hybridized carbons (Fsp3) is 1.00. The highest BCUT2D eigenvalue weighted by Gasteiger charge is 2.35. The number of aliphatic hydroxyl groups is 1. The number of nitrogens with zero attached hydrogens (tertiary/aromatic N) is 1. The van der Waals surface area contributed by atoms with Gasteiger partial charge in [-0.3, -0.25) is 4.90 Å². The highest BCUT2D eigenvalue weighted by atomic mass is 16.3. The van der Waals surface area contributed by atoms with Crippen LogP contribution in [0.25, 0.3) is 0 Å². The molecule has 0 bridgehead atoms. The van der Waals surface area contributed by atoms with Gasteiger partial charge in [0.2, 0.25) is 0 Å². The third-order valence-corrected chi connectivity index (χ3v) is 4.48. The Bertz CT molecular complexity index is 230. The van der Waals surface area contributed by atoms with E-state index in [-0.39, 0.29) is 5.41 Å². The van der Waals surface area contributed by atoms with E-state index in [1.165, 1.54) is 6.42 Å². The molecule has 3 heteroatoms. The first kappa shape index (κ1) is 14.9. The number of aliphatic hydroxyl groups excluding tert-OH is 1. The van der Waals surface area contributed by atoms with Crippen molar-refractivity contribution in [3.8, 4) is 0 Å². The molecule has 1 aliphatic heterocycles. The molecule has 0 amide bonds. The molecular formula is C14H30N2O. The molecule has 1 aliphatic rings. The third-order valence-electron chi connectivity index (χ3n) is 4.48. The monoisotopic (exact) mass is 242 g/mol. The van der Waals surface area contributed by atoms with E-state index >= 15 is 0 Å². The number of rotatable bonds is 6. The van der Waals surface area contributed by atoms with E-state index in [1.807, 2.05) is 0 Å². The van der Waals surface area contributed by atoms with Gasteiger partial charge in [-0.05, 0) is 37.8 Å². The summed E-state index contributed by atoms with van der Waals surface area (Å²) < 4.78 is 0. The molecule has 17 heavy (non-hydrogen) atoms. The van der Waals surface area contributed by atoms with Gasteiger partial charge in [0.05, 0.1) is 6.61 Å². The molecule has 2 N–H and O–H groups in total. The Morgan fingerprint density at radius 2 is 2.12 bits per heavy atom. The van der Waals surface area contributed by atoms with E-state index in [0.29, 0.717) is 24.6 Å². The second-order valence-electron chi connectivity index (χ2n) is 6.25. The highest BCUT2D eigenvalue weighted by Crippen LogP contribution is 2.29. The van der Waals surface area contributed by atoms with Gasteiger partial charge in [0, 0.05) is 18.6 Å². The Kier molecular flexibility index (Phi) is 5.42. The molecule has 0 aromatic rings. The van der Waals surface area contributed by atoms with Crippen molar-refractivity contribution in [2.45, 2.75) is 53.1 Å². The summed E-state index contributed by atoms with van der Waals surface area (Å²) in [6.45, 7) is 14.8. The lowest BCUT2D eigenvalue weighted by Crippen LogP contribution is -2.49. The van der Waals surface area contributed by atoms with Crippen LogP contribution in [0, 0.1) is 11.3 Å². The lowest BCUT2D eigenvalue weighted by atomic mass is 9.84. The Morgan fingerprint density at radius 3 is 2.65 bits per heavy atom. The third kappa shape index (κ3) is 3.67. The fourth-order valence-electron chi connectivity index (χ4n) is 2.82. The van der Waals surface area contributed by atoms with Gasteiger partial charge in [-0.2, -0.15) is 0 Å². The van der Waals surface area contributed by atoms with Crippen LogP contribution >= 0.6 is 0 Å². The van der Waals surface area contributed by atoms with Gasteiger partial charge in [-0.25, -0.2) is 0 Å². The summed E-state index contributed by atoms with van der Waals surface area (Å²) in [6.07, 6.45) is 1.22. The average Bonchev–Trinajstić information content (AvgIpc) is 2.59. The first-order valence-corrected chi connectivity index (χ1v) is 7.00. The highest BCUT2D eigenvalue weighted by molar-refractivity contribution is 4.90. The van der Waals surface area contributed by atoms with Crippen LogP contribution in [0.15, 0.2) is 0 Å². The van der Waals surface area contributed by atoms with E-state index in [4.69, 9.17) is 0 Å². The van der Waals surface area contributed by atoms with Crippen molar-refractivity contribution in [3.63, 3.8) is 0 Å². The number of hydrogen-bond acceptors (Lipinski definition) is 3. The van der Waals surface area contributed by atoms with Crippen molar-refractivity contribution < 1.29 is 5.11 Å². The molecule has 1 fully saturated rings. The molecule has 0 aromatic heterocycles. The van der Waals surface area contributed by atoms with Crippen LogP contribution in [-0.2, 0) is 0 Å². The molecule has 1 rings (SSSR count). The van der Waals surface area contributed by atoms with Gasteiger partial charge in [0.15, 0.2) is 0 Å². The summed E-state index contributed by atoms with van der Waals surface area (Å²) in [6, 6.07) is 0.867. The summed E-state index contributed by atoms with van der Waals surface area (Å²) in [5.41, 5.74) is 0.244. The number of hydrogen-bond donors (Lipinski definition) is 2. The zero-order valence-electron chi connectivity index (χ0n) is 12.2. The lowest BCUT2D eigenvalue weighted by Gasteiger charge is -2.38. The molecule has 0 aromatic carbocycles. The second-order valence-corrected chi connectivity index (χ2v) is 6.25. The lowest BCUT2D eigenvalue weighted by molar-refractivity contribution is 0.0883. The van der Waals surface area contributed by atoms with Crippen molar-refractivity contribution in [2.75, 3.05) is 26.2 Å². The van der Waals surface area contributed by atoms with E-state index in [0.717, 1.165) is 19.6 Å². The largest absolute Gasteiger partial charge is 0.395 e. The molecule has 3 unspecified atom stereocenters. The molecule has 102 valence electrons. The van der Waals surface area contributed by atoms with Crippen LogP contribution in [-0.4, -0.2) is 48.3 Å². The number of likely N-dealkylation sites (tertiary alicyclic amines) is 1. The van der Waals surface area contributed by atoms with Crippen LogP contribution in [0.3, 0.4) is 0 Å². The smallest absolute Gasteiger partial charge is 0.0589 e. The van der Waals surface area contributed by atoms with Crippen molar-refractivity contribution in [1.82, 2.24) is 10.2 Å². The molecule has 3 nitrogen and oxygen atoms in total. The predicted octanol–water partition coefficient (Wildman–Crippen LogP) is 1.71. The van der Waals surface area contributed by atoms with Crippen molar-refractivity contribution in [3.05, 3.63) is 0 Å². The second kappa shape index (κ2) is 6.17. The first-order valence-electron chi connectivity index (χ1n) is 7.00. The summed E-state index contributed by atoms with van der Waals surface area (Å²) in [5, 5.41) is 13.0. The molecule has 0 aliphatic carbocycles. The number of nitrogens with one attached hydrogen (secondary N) is 1. The minimum atomic E-state index is 0.244. The zero-order chi connectivity index (χ0) is 13.1. The van der Waals surface area contributed by atoms with Crippen LogP contribution in [0.4, 0.5) is 0 Å². The van der Waals surface area contributed by atoms with Gasteiger partial charge >= 0.3 is 0 Å². The van der Waals surface area contributed by atoms with E-state index in [2.05, 4.69) is 44.8 Å². The maximum absolute atomic E-state index is 9.49. The van der Waals surface area contributed by atoms with Gasteiger partial charge in [0.1, 0.15) is 0 Å². The van der Waals surface area contributed by atoms with Crippen LogP contribution < -0.4 is 5.32 Å². The van der Waals surface area contributed by atoms with Gasteiger partial charge < -0.3 is 10.4 Å². The van der Waals surface area contributed by atoms with Crippen molar-refractivity contribution in [1.29, 1.82) is 0 Å². The Labute approximate surface area is 107 Å². The maximum atomic E-state index is 9.49. The molecular weight excluding hydrogens is 212 g/mol. The molecule has 1 heterocycles. The van der Waals surface area contributed by atoms with Gasteiger partial charge in [0.25, 0.3) is 0 Å². The zero-order valence-corrected chi connectivity index (χ0v) is 12.2. The Hall–Kier alpha value is -0.120. The first-order chi connectivity index (χ1) is 7.92. The standard InChI is InChI=1S/C14H30N2O/c1-6-15-12(3)14(4,5)10-16-8-7-11(2)13(16)9-17/h11-13,15,17H,6-10H2,1-5H3. The van der Waals surface area contributed by atoms with Crippen molar-refractivity contribution in [2.24, 2.45) is 11.3 Å². The summed E-state index contributed by atoms with van der Waals surface area (Å²) in [4.78, 5) is 2.47. The van der Waals surface area contributed by atoms with Crippen LogP contribution in [0.2, 0.25) is 0 Å². The Balaban J connectivity index is 2.57.